The Labute approximate surface area is 160 Å². The van der Waals surface area contributed by atoms with Crippen molar-refractivity contribution in [3.05, 3.63) is 70.2 Å². The van der Waals surface area contributed by atoms with E-state index < -0.39 is 0 Å². The summed E-state index contributed by atoms with van der Waals surface area (Å²) in [5.41, 5.74) is 3.07. The predicted molar refractivity (Wildman–Crippen MR) is 107 cm³/mol. The first-order valence-electron chi connectivity index (χ1n) is 8.43. The number of benzene rings is 1. The molecule has 0 saturated heterocycles. The summed E-state index contributed by atoms with van der Waals surface area (Å²) in [5, 5.41) is 2.57. The highest BCUT2D eigenvalue weighted by Crippen LogP contribution is 2.35. The zero-order valence-electron chi connectivity index (χ0n) is 15.2. The van der Waals surface area contributed by atoms with Gasteiger partial charge >= 0.3 is 0 Å². The Bertz CT molecular complexity index is 1140. The van der Waals surface area contributed by atoms with Gasteiger partial charge in [0, 0.05) is 24.2 Å². The largest absolute Gasteiger partial charge is 0.497 e. The second kappa shape index (κ2) is 6.89. The van der Waals surface area contributed by atoms with Crippen molar-refractivity contribution in [1.82, 2.24) is 9.55 Å². The quantitative estimate of drug-likeness (QED) is 0.514. The van der Waals surface area contributed by atoms with Gasteiger partial charge in [-0.1, -0.05) is 12.1 Å². The van der Waals surface area contributed by atoms with E-state index in [2.05, 4.69) is 4.98 Å². The van der Waals surface area contributed by atoms with E-state index in [4.69, 9.17) is 9.15 Å². The molecule has 0 fully saturated rings. The molecule has 6 heteroatoms. The van der Waals surface area contributed by atoms with Crippen LogP contribution in [0.3, 0.4) is 0 Å². The molecule has 0 unspecified atom stereocenters. The summed E-state index contributed by atoms with van der Waals surface area (Å²) < 4.78 is 12.7. The lowest BCUT2D eigenvalue weighted by Gasteiger charge is -2.15. The van der Waals surface area contributed by atoms with E-state index in [1.165, 1.54) is 11.3 Å². The van der Waals surface area contributed by atoms with Gasteiger partial charge in [0.25, 0.3) is 5.56 Å². The number of thiazole rings is 1. The van der Waals surface area contributed by atoms with E-state index in [-0.39, 0.29) is 5.56 Å². The number of rotatable bonds is 4. The first kappa shape index (κ1) is 17.3. The third-order valence-electron chi connectivity index (χ3n) is 4.45. The normalized spacial score (nSPS) is 10.9. The standard InChI is InChI=1S/C21H18N2O3S/c1-13-4-9-18(26-13)19-16(14-5-7-15(25-3)8-6-14)12-17(21(24)23(19)2)20-22-10-11-27-20/h4-12H,1-3H3. The van der Waals surface area contributed by atoms with Gasteiger partial charge in [-0.2, -0.15) is 0 Å². The van der Waals surface area contributed by atoms with Crippen LogP contribution in [0.1, 0.15) is 5.76 Å². The van der Waals surface area contributed by atoms with Crippen molar-refractivity contribution >= 4 is 11.3 Å². The monoisotopic (exact) mass is 378 g/mol. The molecular formula is C21H18N2O3S. The minimum atomic E-state index is -0.105. The molecule has 0 radical (unpaired) electrons. The summed E-state index contributed by atoms with van der Waals surface area (Å²) in [4.78, 5) is 17.3. The van der Waals surface area contributed by atoms with Gasteiger partial charge in [0.2, 0.25) is 0 Å². The maximum atomic E-state index is 13.0. The van der Waals surface area contributed by atoms with Crippen LogP contribution in [0.25, 0.3) is 33.2 Å². The van der Waals surface area contributed by atoms with Crippen LogP contribution in [-0.2, 0) is 7.05 Å². The van der Waals surface area contributed by atoms with Gasteiger partial charge in [-0.05, 0) is 42.8 Å². The number of ether oxygens (including phenoxy) is 1. The number of methoxy groups -OCH3 is 1. The van der Waals surface area contributed by atoms with Gasteiger partial charge in [-0.3, -0.25) is 4.79 Å². The molecule has 0 spiro atoms. The Balaban J connectivity index is 2.02. The molecule has 1 aromatic carbocycles. The molecule has 136 valence electrons. The molecule has 0 saturated carbocycles. The zero-order valence-corrected chi connectivity index (χ0v) is 16.0. The van der Waals surface area contributed by atoms with Crippen LogP contribution in [0.15, 0.2) is 63.3 Å². The molecule has 0 aliphatic rings. The fourth-order valence-corrected chi connectivity index (χ4v) is 3.74. The van der Waals surface area contributed by atoms with Crippen molar-refractivity contribution in [3.8, 4) is 38.9 Å². The fraction of sp³-hybridized carbons (Fsp3) is 0.143. The molecule has 0 atom stereocenters. The van der Waals surface area contributed by atoms with E-state index in [1.54, 1.807) is 24.9 Å². The first-order chi connectivity index (χ1) is 13.1. The third-order valence-corrected chi connectivity index (χ3v) is 5.26. The molecule has 0 aliphatic carbocycles. The van der Waals surface area contributed by atoms with Gasteiger partial charge < -0.3 is 13.7 Å². The zero-order chi connectivity index (χ0) is 19.0. The number of pyridine rings is 1. The maximum Gasteiger partial charge on any atom is 0.261 e. The fourth-order valence-electron chi connectivity index (χ4n) is 3.10. The van der Waals surface area contributed by atoms with E-state index in [1.807, 2.05) is 54.8 Å². The predicted octanol–water partition coefficient (Wildman–Crippen LogP) is 4.75. The molecule has 0 N–H and O–H groups in total. The smallest absolute Gasteiger partial charge is 0.261 e. The Morgan fingerprint density at radius 1 is 1.11 bits per heavy atom. The second-order valence-electron chi connectivity index (χ2n) is 6.16. The van der Waals surface area contributed by atoms with Crippen LogP contribution < -0.4 is 10.3 Å². The average Bonchev–Trinajstić information content (AvgIpc) is 3.36. The maximum absolute atomic E-state index is 13.0. The Kier molecular flexibility index (Phi) is 4.41. The highest BCUT2D eigenvalue weighted by atomic mass is 32.1. The number of aryl methyl sites for hydroxylation is 1. The molecule has 4 rings (SSSR count). The molecule has 4 aromatic rings. The summed E-state index contributed by atoms with van der Waals surface area (Å²) >= 11 is 1.45. The number of hydrogen-bond acceptors (Lipinski definition) is 5. The lowest BCUT2D eigenvalue weighted by atomic mass is 10.00. The lowest BCUT2D eigenvalue weighted by Crippen LogP contribution is -2.21. The Hall–Kier alpha value is -3.12. The van der Waals surface area contributed by atoms with Gasteiger partial charge in [-0.15, -0.1) is 11.3 Å². The first-order valence-corrected chi connectivity index (χ1v) is 9.31. The second-order valence-corrected chi connectivity index (χ2v) is 7.06. The lowest BCUT2D eigenvalue weighted by molar-refractivity contribution is 0.415. The summed E-state index contributed by atoms with van der Waals surface area (Å²) in [6.45, 7) is 1.89. The van der Waals surface area contributed by atoms with Crippen LogP contribution in [0.2, 0.25) is 0 Å². The van der Waals surface area contributed by atoms with Crippen molar-refractivity contribution < 1.29 is 9.15 Å². The van der Waals surface area contributed by atoms with E-state index in [0.717, 1.165) is 28.3 Å². The minimum Gasteiger partial charge on any atom is -0.497 e. The number of aromatic nitrogens is 2. The van der Waals surface area contributed by atoms with Gasteiger partial charge in [0.1, 0.15) is 16.5 Å². The molecule has 0 amide bonds. The van der Waals surface area contributed by atoms with E-state index >= 15 is 0 Å². The van der Waals surface area contributed by atoms with Crippen LogP contribution in [-0.4, -0.2) is 16.7 Å². The molecule has 5 nitrogen and oxygen atoms in total. The number of hydrogen-bond donors (Lipinski definition) is 0. The third kappa shape index (κ3) is 3.08. The molecular weight excluding hydrogens is 360 g/mol. The SMILES string of the molecule is COc1ccc(-c2cc(-c3nccs3)c(=O)n(C)c2-c2ccc(C)o2)cc1. The van der Waals surface area contributed by atoms with E-state index in [9.17, 15) is 4.79 Å². The molecule has 27 heavy (non-hydrogen) atoms. The Morgan fingerprint density at radius 2 is 1.89 bits per heavy atom. The molecule has 3 aromatic heterocycles. The van der Waals surface area contributed by atoms with Crippen molar-refractivity contribution in [1.29, 1.82) is 0 Å². The summed E-state index contributed by atoms with van der Waals surface area (Å²) in [6, 6.07) is 13.4. The Morgan fingerprint density at radius 3 is 2.48 bits per heavy atom. The molecule has 0 bridgehead atoms. The van der Waals surface area contributed by atoms with Crippen LogP contribution >= 0.6 is 11.3 Å². The van der Waals surface area contributed by atoms with Gasteiger partial charge in [-0.25, -0.2) is 4.98 Å². The van der Waals surface area contributed by atoms with Crippen LogP contribution in [0.5, 0.6) is 5.75 Å². The van der Waals surface area contributed by atoms with Gasteiger partial charge in [0.15, 0.2) is 5.76 Å². The summed E-state index contributed by atoms with van der Waals surface area (Å²) in [6.07, 6.45) is 1.70. The van der Waals surface area contributed by atoms with E-state index in [0.29, 0.717) is 16.3 Å². The molecule has 3 heterocycles. The summed E-state index contributed by atoms with van der Waals surface area (Å²) in [5.74, 6) is 2.23. The van der Waals surface area contributed by atoms with Crippen molar-refractivity contribution in [2.75, 3.05) is 7.11 Å². The number of furan rings is 1. The number of nitrogens with zero attached hydrogens (tertiary/aromatic N) is 2. The van der Waals surface area contributed by atoms with Crippen LogP contribution in [0, 0.1) is 6.92 Å². The van der Waals surface area contributed by atoms with Crippen molar-refractivity contribution in [2.45, 2.75) is 6.92 Å². The van der Waals surface area contributed by atoms with Crippen molar-refractivity contribution in [3.63, 3.8) is 0 Å². The minimum absolute atomic E-state index is 0.105. The van der Waals surface area contributed by atoms with Crippen LogP contribution in [0.4, 0.5) is 0 Å². The van der Waals surface area contributed by atoms with Gasteiger partial charge in [0.05, 0.1) is 18.4 Å². The van der Waals surface area contributed by atoms with Crippen molar-refractivity contribution in [2.24, 2.45) is 7.05 Å². The highest BCUT2D eigenvalue weighted by molar-refractivity contribution is 7.13. The summed E-state index contributed by atoms with van der Waals surface area (Å²) in [7, 11) is 3.40. The molecule has 0 aliphatic heterocycles. The average molecular weight is 378 g/mol. The highest BCUT2D eigenvalue weighted by Gasteiger charge is 2.20. The topological polar surface area (TPSA) is 57.3 Å².